The minimum atomic E-state index is 0.330. The first-order valence-corrected chi connectivity index (χ1v) is 10.5. The molecular weight excluding hydrogens is 410 g/mol. The number of hydrogen-bond acceptors (Lipinski definition) is 5. The molecule has 0 amide bonds. The molecule has 0 saturated carbocycles. The van der Waals surface area contributed by atoms with Gasteiger partial charge in [-0.15, -0.1) is 0 Å². The van der Waals surface area contributed by atoms with E-state index in [1.807, 2.05) is 41.0 Å². The summed E-state index contributed by atoms with van der Waals surface area (Å²) in [4.78, 5) is 0. The lowest BCUT2D eigenvalue weighted by atomic mass is 10.0. The average molecular weight is 436 g/mol. The fourth-order valence-electron chi connectivity index (χ4n) is 3.40. The molecule has 31 heavy (non-hydrogen) atoms. The third-order valence-electron chi connectivity index (χ3n) is 5.05. The summed E-state index contributed by atoms with van der Waals surface area (Å²) in [5.41, 5.74) is 3.21. The van der Waals surface area contributed by atoms with Crippen LogP contribution >= 0.6 is 12.2 Å². The topological polar surface area (TPSA) is 65.2 Å². The van der Waals surface area contributed by atoms with Crippen LogP contribution in [0.15, 0.2) is 59.0 Å². The van der Waals surface area contributed by atoms with Gasteiger partial charge in [-0.25, -0.2) is 0 Å². The molecule has 4 aromatic rings. The van der Waals surface area contributed by atoms with Crippen molar-refractivity contribution in [3.63, 3.8) is 0 Å². The Morgan fingerprint density at radius 3 is 2.58 bits per heavy atom. The maximum Gasteiger partial charge on any atom is 0.202 e. The van der Waals surface area contributed by atoms with Crippen LogP contribution < -0.4 is 9.47 Å². The molecule has 0 saturated heterocycles. The zero-order valence-electron chi connectivity index (χ0n) is 18.0. The molecule has 0 aliphatic carbocycles. The van der Waals surface area contributed by atoms with Gasteiger partial charge in [0.15, 0.2) is 10.5 Å². The summed E-state index contributed by atoms with van der Waals surface area (Å²) in [6, 6.07) is 17.7. The van der Waals surface area contributed by atoms with Crippen molar-refractivity contribution < 1.29 is 13.9 Å². The minimum Gasteiger partial charge on any atom is -0.497 e. The molecule has 0 unspecified atom stereocenters. The summed E-state index contributed by atoms with van der Waals surface area (Å²) >= 11 is 5.44. The highest BCUT2D eigenvalue weighted by atomic mass is 32.1. The third-order valence-corrected chi connectivity index (χ3v) is 5.32. The van der Waals surface area contributed by atoms with E-state index in [1.165, 1.54) is 5.56 Å². The predicted octanol–water partition coefficient (Wildman–Crippen LogP) is 6.21. The molecule has 4 rings (SSSR count). The van der Waals surface area contributed by atoms with E-state index in [4.69, 9.17) is 26.1 Å². The summed E-state index contributed by atoms with van der Waals surface area (Å²) in [5.74, 6) is 3.95. The number of nitrogens with one attached hydrogen (secondary N) is 1. The molecule has 0 spiro atoms. The molecule has 6 nitrogen and oxygen atoms in total. The van der Waals surface area contributed by atoms with E-state index < -0.39 is 0 Å². The molecule has 0 atom stereocenters. The normalized spacial score (nSPS) is 11.1. The second kappa shape index (κ2) is 8.81. The Labute approximate surface area is 186 Å². The number of hydrogen-bond donors (Lipinski definition) is 1. The van der Waals surface area contributed by atoms with E-state index in [0.29, 0.717) is 34.6 Å². The molecule has 2 heterocycles. The first-order chi connectivity index (χ1) is 15.0. The Bertz CT molecular complexity index is 1240. The van der Waals surface area contributed by atoms with Crippen molar-refractivity contribution in [2.24, 2.45) is 0 Å². The molecule has 2 aromatic heterocycles. The Kier molecular flexibility index (Phi) is 5.95. The van der Waals surface area contributed by atoms with Crippen molar-refractivity contribution >= 4 is 12.2 Å². The second-order valence-electron chi connectivity index (χ2n) is 7.64. The first kappa shape index (κ1) is 20.9. The molecule has 2 aromatic carbocycles. The highest BCUT2D eigenvalue weighted by Crippen LogP contribution is 2.29. The first-order valence-electron chi connectivity index (χ1n) is 10.1. The number of rotatable bonds is 7. The predicted molar refractivity (Wildman–Crippen MR) is 123 cm³/mol. The fourth-order valence-corrected chi connectivity index (χ4v) is 3.64. The molecule has 160 valence electrons. The van der Waals surface area contributed by atoms with Gasteiger partial charge >= 0.3 is 0 Å². The van der Waals surface area contributed by atoms with E-state index in [1.54, 1.807) is 7.11 Å². The van der Waals surface area contributed by atoms with Crippen LogP contribution in [-0.4, -0.2) is 21.9 Å². The van der Waals surface area contributed by atoms with Gasteiger partial charge in [-0.1, -0.05) is 26.0 Å². The lowest BCUT2D eigenvalue weighted by Gasteiger charge is -2.14. The number of nitrogens with zero attached hydrogens (tertiary/aromatic N) is 2. The van der Waals surface area contributed by atoms with Gasteiger partial charge in [0.1, 0.15) is 23.9 Å². The van der Waals surface area contributed by atoms with Gasteiger partial charge in [-0.2, -0.15) is 5.10 Å². The molecule has 0 aliphatic heterocycles. The number of aromatic nitrogens is 3. The van der Waals surface area contributed by atoms with Crippen LogP contribution in [0.1, 0.15) is 36.7 Å². The number of furan rings is 1. The Morgan fingerprint density at radius 2 is 1.87 bits per heavy atom. The molecule has 7 heteroatoms. The van der Waals surface area contributed by atoms with Crippen molar-refractivity contribution in [1.29, 1.82) is 0 Å². The Morgan fingerprint density at radius 1 is 1.10 bits per heavy atom. The van der Waals surface area contributed by atoms with Crippen LogP contribution in [0.3, 0.4) is 0 Å². The maximum absolute atomic E-state index is 6.10. The Hall–Kier alpha value is -3.32. The number of H-pyrrole nitrogens is 1. The molecule has 0 bridgehead atoms. The van der Waals surface area contributed by atoms with Gasteiger partial charge in [0.25, 0.3) is 0 Å². The average Bonchev–Trinajstić information content (AvgIpc) is 3.38. The van der Waals surface area contributed by atoms with Crippen LogP contribution in [0.4, 0.5) is 0 Å². The standard InChI is InChI=1S/C24H25N3O3S/c1-15(2)20-11-5-16(3)13-22(20)29-14-19-10-12-21(30-19)23-25-26-24(31)27(23)17-6-8-18(28-4)9-7-17/h5-13,15H,14H2,1-4H3,(H,26,31). The van der Waals surface area contributed by atoms with Gasteiger partial charge in [0, 0.05) is 0 Å². The molecule has 1 N–H and O–H groups in total. The lowest BCUT2D eigenvalue weighted by molar-refractivity contribution is 0.268. The van der Waals surface area contributed by atoms with Crippen molar-refractivity contribution in [3.05, 3.63) is 76.3 Å². The van der Waals surface area contributed by atoms with Crippen molar-refractivity contribution in [2.75, 3.05) is 7.11 Å². The lowest BCUT2D eigenvalue weighted by Crippen LogP contribution is -2.00. The summed E-state index contributed by atoms with van der Waals surface area (Å²) in [5, 5.41) is 7.21. The van der Waals surface area contributed by atoms with Crippen molar-refractivity contribution in [1.82, 2.24) is 14.8 Å². The van der Waals surface area contributed by atoms with Crippen LogP contribution in [-0.2, 0) is 6.61 Å². The fraction of sp³-hybridized carbons (Fsp3) is 0.250. The van der Waals surface area contributed by atoms with Crippen LogP contribution in [0.2, 0.25) is 0 Å². The third kappa shape index (κ3) is 4.41. The van der Waals surface area contributed by atoms with Gasteiger partial charge in [-0.05, 0) is 78.7 Å². The molecule has 0 aliphatic rings. The van der Waals surface area contributed by atoms with E-state index in [-0.39, 0.29) is 0 Å². The zero-order chi connectivity index (χ0) is 22.0. The quantitative estimate of drug-likeness (QED) is 0.350. The largest absolute Gasteiger partial charge is 0.497 e. The molecular formula is C24H25N3O3S. The highest BCUT2D eigenvalue weighted by Gasteiger charge is 2.16. The Balaban J connectivity index is 1.58. The van der Waals surface area contributed by atoms with Crippen molar-refractivity contribution in [2.45, 2.75) is 33.3 Å². The molecule has 0 fully saturated rings. The summed E-state index contributed by atoms with van der Waals surface area (Å²) < 4.78 is 19.7. The number of methoxy groups -OCH3 is 1. The number of ether oxygens (including phenoxy) is 2. The van der Waals surface area contributed by atoms with E-state index in [0.717, 1.165) is 22.7 Å². The number of aryl methyl sites for hydroxylation is 1. The summed E-state index contributed by atoms with van der Waals surface area (Å²) in [7, 11) is 1.64. The van der Waals surface area contributed by atoms with Gasteiger partial charge in [0.2, 0.25) is 5.82 Å². The van der Waals surface area contributed by atoms with E-state index in [2.05, 4.69) is 49.2 Å². The minimum absolute atomic E-state index is 0.330. The summed E-state index contributed by atoms with van der Waals surface area (Å²) in [6.45, 7) is 6.70. The van der Waals surface area contributed by atoms with Gasteiger partial charge in [0.05, 0.1) is 12.8 Å². The van der Waals surface area contributed by atoms with Crippen molar-refractivity contribution in [3.8, 4) is 28.8 Å². The highest BCUT2D eigenvalue weighted by molar-refractivity contribution is 7.71. The smallest absolute Gasteiger partial charge is 0.202 e. The number of aromatic amines is 1. The van der Waals surface area contributed by atoms with Gasteiger partial charge in [-0.3, -0.25) is 9.67 Å². The summed E-state index contributed by atoms with van der Waals surface area (Å²) in [6.07, 6.45) is 0. The SMILES string of the molecule is COc1ccc(-n2c(-c3ccc(COc4cc(C)ccc4C(C)C)o3)n[nH]c2=S)cc1. The monoisotopic (exact) mass is 435 g/mol. The van der Waals surface area contributed by atoms with Gasteiger partial charge < -0.3 is 13.9 Å². The van der Waals surface area contributed by atoms with E-state index >= 15 is 0 Å². The zero-order valence-corrected chi connectivity index (χ0v) is 18.8. The van der Waals surface area contributed by atoms with Crippen LogP contribution in [0.5, 0.6) is 11.5 Å². The number of benzene rings is 2. The second-order valence-corrected chi connectivity index (χ2v) is 8.02. The maximum atomic E-state index is 6.10. The molecule has 0 radical (unpaired) electrons. The van der Waals surface area contributed by atoms with E-state index in [9.17, 15) is 0 Å². The van der Waals surface area contributed by atoms with Crippen LogP contribution in [0, 0.1) is 11.7 Å². The van der Waals surface area contributed by atoms with Crippen LogP contribution in [0.25, 0.3) is 17.3 Å².